The maximum absolute atomic E-state index is 11.6. The summed E-state index contributed by atoms with van der Waals surface area (Å²) in [5, 5.41) is -0.549. The summed E-state index contributed by atoms with van der Waals surface area (Å²) in [7, 11) is 0. The smallest absolute Gasteiger partial charge is 0.341 e. The summed E-state index contributed by atoms with van der Waals surface area (Å²) in [4.78, 5) is 12.8. The molecule has 1 fully saturated rings. The topological polar surface area (TPSA) is 29.5 Å². The molecule has 1 aliphatic heterocycles. The van der Waals surface area contributed by atoms with E-state index in [1.54, 1.807) is 6.92 Å². The summed E-state index contributed by atoms with van der Waals surface area (Å²) in [6.45, 7) is -0.220. The van der Waals surface area contributed by atoms with Gasteiger partial charge in [0.1, 0.15) is 5.38 Å². The van der Waals surface area contributed by atoms with Crippen molar-refractivity contribution in [2.24, 2.45) is 5.92 Å². The molecule has 1 heterocycles. The van der Waals surface area contributed by atoms with Crippen molar-refractivity contribution in [3.8, 4) is 0 Å². The molecule has 1 aliphatic rings. The molecule has 14 heavy (non-hydrogen) atoms. The van der Waals surface area contributed by atoms with Crippen LogP contribution in [0.5, 0.6) is 0 Å². The second-order valence-corrected chi connectivity index (χ2v) is 3.97. The molecule has 0 aromatic heterocycles. The lowest BCUT2D eigenvalue weighted by Gasteiger charge is -2.39. The predicted molar refractivity (Wildman–Crippen MR) is 47.3 cm³/mol. The molecular formula is C8H12ClF2NO2. The molecule has 82 valence electrons. The number of rotatable bonds is 4. The number of carbonyl (C=O) groups excluding carboxylic acids is 1. The van der Waals surface area contributed by atoms with Gasteiger partial charge in [-0.25, -0.2) is 0 Å². The summed E-state index contributed by atoms with van der Waals surface area (Å²) in [6, 6.07) is 0. The van der Waals surface area contributed by atoms with Gasteiger partial charge >= 0.3 is 6.61 Å². The standard InChI is InChI=1S/C8H12ClF2NO2/c1-5(9)7(13)12-2-6(3-12)4-14-8(10)11/h5-6,8H,2-4H2,1H3. The van der Waals surface area contributed by atoms with E-state index in [0.29, 0.717) is 13.1 Å². The maximum atomic E-state index is 11.6. The summed E-state index contributed by atoms with van der Waals surface area (Å²) in [5.41, 5.74) is 0. The van der Waals surface area contributed by atoms with Crippen LogP contribution in [0.1, 0.15) is 6.92 Å². The zero-order valence-electron chi connectivity index (χ0n) is 7.75. The van der Waals surface area contributed by atoms with Crippen LogP contribution in [0, 0.1) is 5.92 Å². The Bertz CT molecular complexity index is 208. The van der Waals surface area contributed by atoms with E-state index in [1.165, 1.54) is 4.90 Å². The number of hydrogen-bond donors (Lipinski definition) is 0. The average molecular weight is 228 g/mol. The van der Waals surface area contributed by atoms with Crippen molar-refractivity contribution in [2.75, 3.05) is 19.7 Å². The third-order valence-electron chi connectivity index (χ3n) is 2.07. The second kappa shape index (κ2) is 4.89. The first-order valence-corrected chi connectivity index (χ1v) is 4.77. The fourth-order valence-corrected chi connectivity index (χ4v) is 1.45. The molecule has 1 amide bonds. The van der Waals surface area contributed by atoms with E-state index in [2.05, 4.69) is 4.74 Å². The third-order valence-corrected chi connectivity index (χ3v) is 2.25. The molecule has 0 aliphatic carbocycles. The van der Waals surface area contributed by atoms with Crippen LogP contribution in [-0.4, -0.2) is 42.5 Å². The van der Waals surface area contributed by atoms with Crippen LogP contribution in [0.2, 0.25) is 0 Å². The van der Waals surface area contributed by atoms with Gasteiger partial charge in [-0.2, -0.15) is 8.78 Å². The minimum Gasteiger partial charge on any atom is -0.341 e. The number of likely N-dealkylation sites (tertiary alicyclic amines) is 1. The van der Waals surface area contributed by atoms with E-state index < -0.39 is 12.0 Å². The number of carbonyl (C=O) groups is 1. The highest BCUT2D eigenvalue weighted by molar-refractivity contribution is 6.30. The first kappa shape index (κ1) is 11.7. The molecule has 0 saturated carbocycles. The molecule has 0 aromatic rings. The fraction of sp³-hybridized carbons (Fsp3) is 0.875. The fourth-order valence-electron chi connectivity index (χ4n) is 1.32. The van der Waals surface area contributed by atoms with E-state index in [9.17, 15) is 13.6 Å². The normalized spacial score (nSPS) is 19.6. The van der Waals surface area contributed by atoms with Crippen LogP contribution >= 0.6 is 11.6 Å². The van der Waals surface area contributed by atoms with Crippen molar-refractivity contribution < 1.29 is 18.3 Å². The van der Waals surface area contributed by atoms with Gasteiger partial charge in [0.15, 0.2) is 0 Å². The highest BCUT2D eigenvalue weighted by Gasteiger charge is 2.32. The van der Waals surface area contributed by atoms with Gasteiger partial charge in [0, 0.05) is 19.0 Å². The second-order valence-electron chi connectivity index (χ2n) is 3.32. The zero-order chi connectivity index (χ0) is 10.7. The maximum Gasteiger partial charge on any atom is 0.345 e. The quantitative estimate of drug-likeness (QED) is 0.678. The zero-order valence-corrected chi connectivity index (χ0v) is 8.51. The third kappa shape index (κ3) is 3.06. The van der Waals surface area contributed by atoms with E-state index >= 15 is 0 Å². The first-order chi connectivity index (χ1) is 6.50. The van der Waals surface area contributed by atoms with Gasteiger partial charge in [-0.15, -0.1) is 11.6 Å². The number of hydrogen-bond acceptors (Lipinski definition) is 2. The lowest BCUT2D eigenvalue weighted by molar-refractivity contribution is -0.157. The Morgan fingerprint density at radius 1 is 1.64 bits per heavy atom. The molecule has 3 nitrogen and oxygen atoms in total. The van der Waals surface area contributed by atoms with Crippen molar-refractivity contribution in [1.82, 2.24) is 4.90 Å². The minimum absolute atomic E-state index is 0.00187. The summed E-state index contributed by atoms with van der Waals surface area (Å²) < 4.78 is 27.4. The van der Waals surface area contributed by atoms with Crippen molar-refractivity contribution in [2.45, 2.75) is 18.9 Å². The Hall–Kier alpha value is -0.420. The number of ether oxygens (including phenoxy) is 1. The van der Waals surface area contributed by atoms with Gasteiger partial charge in [-0.3, -0.25) is 4.79 Å². The van der Waals surface area contributed by atoms with Crippen LogP contribution in [0.25, 0.3) is 0 Å². The van der Waals surface area contributed by atoms with Crippen molar-refractivity contribution in [1.29, 1.82) is 0 Å². The molecule has 0 aromatic carbocycles. The van der Waals surface area contributed by atoms with Gasteiger partial charge in [0.25, 0.3) is 0 Å². The van der Waals surface area contributed by atoms with Gasteiger partial charge in [-0.05, 0) is 6.92 Å². The van der Waals surface area contributed by atoms with Crippen LogP contribution in [0.4, 0.5) is 8.78 Å². The van der Waals surface area contributed by atoms with Crippen LogP contribution in [-0.2, 0) is 9.53 Å². The highest BCUT2D eigenvalue weighted by Crippen LogP contribution is 2.18. The van der Waals surface area contributed by atoms with E-state index in [0.717, 1.165) is 0 Å². The van der Waals surface area contributed by atoms with Gasteiger partial charge < -0.3 is 9.64 Å². The van der Waals surface area contributed by atoms with Gasteiger partial charge in [-0.1, -0.05) is 0 Å². The predicted octanol–water partition coefficient (Wildman–Crippen LogP) is 1.31. The van der Waals surface area contributed by atoms with E-state index in [1.807, 2.05) is 0 Å². The number of nitrogens with zero attached hydrogens (tertiary/aromatic N) is 1. The molecule has 1 rings (SSSR count). The molecule has 1 unspecified atom stereocenters. The molecule has 0 radical (unpaired) electrons. The van der Waals surface area contributed by atoms with Crippen molar-refractivity contribution in [3.05, 3.63) is 0 Å². The van der Waals surface area contributed by atoms with Gasteiger partial charge in [0.05, 0.1) is 6.61 Å². The Kier molecular flexibility index (Phi) is 4.07. The van der Waals surface area contributed by atoms with Crippen molar-refractivity contribution >= 4 is 17.5 Å². The summed E-state index contributed by atoms with van der Waals surface area (Å²) >= 11 is 5.57. The first-order valence-electron chi connectivity index (χ1n) is 4.33. The Labute approximate surface area is 86.0 Å². The van der Waals surface area contributed by atoms with E-state index in [-0.39, 0.29) is 18.4 Å². The Balaban J connectivity index is 2.14. The van der Waals surface area contributed by atoms with Crippen molar-refractivity contribution in [3.63, 3.8) is 0 Å². The molecule has 0 N–H and O–H groups in total. The average Bonchev–Trinajstić information content (AvgIpc) is 2.00. The summed E-state index contributed by atoms with van der Waals surface area (Å²) in [6.07, 6.45) is 0. The Morgan fingerprint density at radius 3 is 2.64 bits per heavy atom. The highest BCUT2D eigenvalue weighted by atomic mass is 35.5. The minimum atomic E-state index is -2.73. The number of halogens is 3. The largest absolute Gasteiger partial charge is 0.345 e. The van der Waals surface area contributed by atoms with Crippen LogP contribution in [0.3, 0.4) is 0 Å². The molecule has 0 spiro atoms. The lowest BCUT2D eigenvalue weighted by Crippen LogP contribution is -2.53. The molecule has 1 saturated heterocycles. The number of alkyl halides is 3. The lowest BCUT2D eigenvalue weighted by atomic mass is 10.0. The monoisotopic (exact) mass is 227 g/mol. The van der Waals surface area contributed by atoms with E-state index in [4.69, 9.17) is 11.6 Å². The van der Waals surface area contributed by atoms with Crippen LogP contribution in [0.15, 0.2) is 0 Å². The van der Waals surface area contributed by atoms with Crippen LogP contribution < -0.4 is 0 Å². The van der Waals surface area contributed by atoms with Gasteiger partial charge in [0.2, 0.25) is 5.91 Å². The molecule has 1 atom stereocenters. The Morgan fingerprint density at radius 2 is 2.21 bits per heavy atom. The molecule has 6 heteroatoms. The number of amides is 1. The molecule has 0 bridgehead atoms. The SMILES string of the molecule is CC(Cl)C(=O)N1CC(COC(F)F)C1. The molecular weight excluding hydrogens is 216 g/mol. The summed E-state index contributed by atoms with van der Waals surface area (Å²) in [5.74, 6) is -0.136.